The number of hydrogen-bond acceptors (Lipinski definition) is 10. The van der Waals surface area contributed by atoms with E-state index in [0.717, 1.165) is 32.1 Å². The Bertz CT molecular complexity index is 1420. The zero-order chi connectivity index (χ0) is 40.0. The number of aliphatic hydroxyl groups excluding tert-OH is 2. The first-order chi connectivity index (χ1) is 25.9. The molecule has 0 aromatic rings. The summed E-state index contributed by atoms with van der Waals surface area (Å²) < 4.78 is 34.0. The maximum atomic E-state index is 14.5. The van der Waals surface area contributed by atoms with Crippen molar-refractivity contribution in [3.05, 3.63) is 12.2 Å². The first-order valence-corrected chi connectivity index (χ1v) is 21.4. The average molecular weight is 776 g/mol. The molecule has 6 aliphatic rings. The van der Waals surface area contributed by atoms with Gasteiger partial charge in [-0.3, -0.25) is 14.4 Å². The van der Waals surface area contributed by atoms with Gasteiger partial charge in [-0.1, -0.05) is 54.0 Å². The fourth-order valence-electron chi connectivity index (χ4n) is 10.6. The van der Waals surface area contributed by atoms with Gasteiger partial charge >= 0.3 is 5.97 Å². The van der Waals surface area contributed by atoms with E-state index >= 15 is 0 Å². The van der Waals surface area contributed by atoms with Crippen molar-refractivity contribution in [1.29, 1.82) is 0 Å². The molecule has 6 rings (SSSR count). The molecule has 0 aromatic heterocycles. The predicted octanol–water partition coefficient (Wildman–Crippen LogP) is 5.70. The van der Waals surface area contributed by atoms with Crippen LogP contribution in [0.1, 0.15) is 132 Å². The van der Waals surface area contributed by atoms with Gasteiger partial charge in [0.15, 0.2) is 11.6 Å². The molecule has 12 nitrogen and oxygen atoms in total. The number of hydrogen-bond donors (Lipinski definition) is 4. The van der Waals surface area contributed by atoms with Crippen LogP contribution in [0.3, 0.4) is 0 Å². The average Bonchev–Trinajstić information content (AvgIpc) is 3.45. The van der Waals surface area contributed by atoms with Gasteiger partial charge in [-0.25, -0.2) is 0 Å². The Morgan fingerprint density at radius 1 is 0.927 bits per heavy atom. The highest BCUT2D eigenvalue weighted by atomic mass is 16.8. The van der Waals surface area contributed by atoms with Crippen molar-refractivity contribution in [2.45, 2.75) is 198 Å². The molecule has 17 atom stereocenters. The lowest BCUT2D eigenvalue weighted by Gasteiger charge is -2.55. The molecule has 4 saturated heterocycles. The number of rotatable bonds is 12. The van der Waals surface area contributed by atoms with Crippen LogP contribution in [-0.4, -0.2) is 98.9 Å². The Hall–Kier alpha value is -1.93. The summed E-state index contributed by atoms with van der Waals surface area (Å²) in [5.74, 6) is -5.09. The molecule has 2 spiro atoms. The van der Waals surface area contributed by atoms with Crippen molar-refractivity contribution >= 4 is 17.7 Å². The van der Waals surface area contributed by atoms with E-state index in [1.54, 1.807) is 6.92 Å². The molecule has 12 heteroatoms. The summed E-state index contributed by atoms with van der Waals surface area (Å²) in [6.45, 7) is 15.8. The smallest absolute Gasteiger partial charge is 0.305 e. The van der Waals surface area contributed by atoms with Crippen LogP contribution in [0.15, 0.2) is 12.2 Å². The molecule has 0 aromatic carbocycles. The lowest BCUT2D eigenvalue weighted by atomic mass is 9.72. The number of aliphatic carboxylic acids is 1. The molecule has 55 heavy (non-hydrogen) atoms. The normalized spacial score (nSPS) is 44.4. The Morgan fingerprint density at radius 2 is 1.65 bits per heavy atom. The number of carbonyl (C=O) groups excluding carboxylic acids is 2. The molecule has 0 radical (unpaired) electrons. The summed E-state index contributed by atoms with van der Waals surface area (Å²) in [6.07, 6.45) is 8.24. The van der Waals surface area contributed by atoms with Crippen molar-refractivity contribution in [3.8, 4) is 0 Å². The number of nitrogens with one attached hydrogen (secondary N) is 1. The topological polar surface area (TPSA) is 170 Å². The van der Waals surface area contributed by atoms with Gasteiger partial charge < -0.3 is 44.3 Å². The van der Waals surface area contributed by atoms with E-state index in [0.29, 0.717) is 38.5 Å². The summed E-state index contributed by atoms with van der Waals surface area (Å²) in [4.78, 5) is 39.3. The first-order valence-electron chi connectivity index (χ1n) is 21.4. The molecule has 4 N–H and O–H groups in total. The molecule has 1 saturated carbocycles. The maximum absolute atomic E-state index is 14.5. The number of aliphatic hydroxyl groups is 2. The van der Waals surface area contributed by atoms with Gasteiger partial charge in [-0.2, -0.15) is 0 Å². The molecule has 5 aliphatic heterocycles. The van der Waals surface area contributed by atoms with E-state index in [-0.39, 0.29) is 66.0 Å². The Balaban J connectivity index is 1.23. The van der Waals surface area contributed by atoms with E-state index in [1.165, 1.54) is 0 Å². The molecular formula is C43H69NO11. The van der Waals surface area contributed by atoms with Crippen molar-refractivity contribution in [2.24, 2.45) is 41.4 Å². The van der Waals surface area contributed by atoms with Crippen molar-refractivity contribution in [3.63, 3.8) is 0 Å². The van der Waals surface area contributed by atoms with Gasteiger partial charge in [0, 0.05) is 36.0 Å². The van der Waals surface area contributed by atoms with Gasteiger partial charge in [0.25, 0.3) is 0 Å². The van der Waals surface area contributed by atoms with E-state index in [9.17, 15) is 29.7 Å². The predicted molar refractivity (Wildman–Crippen MR) is 204 cm³/mol. The maximum Gasteiger partial charge on any atom is 0.305 e. The zero-order valence-electron chi connectivity index (χ0n) is 34.4. The van der Waals surface area contributed by atoms with Crippen LogP contribution in [-0.2, 0) is 38.1 Å². The van der Waals surface area contributed by atoms with Crippen molar-refractivity contribution < 1.29 is 53.4 Å². The number of carbonyl (C=O) groups is 3. The SMILES string of the molecule is CCC(C(=O)[C@@H](C)[C@@H](O)[C@H](C)[C@@H]1O[C@@H](CC(=O)O)CC[C@@H]1C)[C@H]1O[C@]2(C=CC(NC(=O)C3CCC3)[C@]3(CC[C@@](C)([C@H]4CC[C@@H](O)[C@H](C)O4)O3)O2)[C@H](C)C[C@@H]1C. The molecule has 5 fully saturated rings. The minimum Gasteiger partial charge on any atom is -0.481 e. The van der Waals surface area contributed by atoms with Crippen LogP contribution in [0.5, 0.6) is 0 Å². The fraction of sp³-hybridized carbons (Fsp3) is 0.884. The zero-order valence-corrected chi connectivity index (χ0v) is 34.4. The van der Waals surface area contributed by atoms with Crippen LogP contribution < -0.4 is 5.32 Å². The molecule has 1 amide bonds. The minimum atomic E-state index is -1.25. The second kappa shape index (κ2) is 16.7. The summed E-state index contributed by atoms with van der Waals surface area (Å²) in [7, 11) is 0. The number of ether oxygens (including phenoxy) is 5. The quantitative estimate of drug-likeness (QED) is 0.180. The highest BCUT2D eigenvalue weighted by Crippen LogP contribution is 2.54. The van der Waals surface area contributed by atoms with E-state index in [2.05, 4.69) is 26.1 Å². The highest BCUT2D eigenvalue weighted by molar-refractivity contribution is 5.84. The first kappa shape index (κ1) is 42.7. The summed E-state index contributed by atoms with van der Waals surface area (Å²) >= 11 is 0. The van der Waals surface area contributed by atoms with Crippen LogP contribution in [0.2, 0.25) is 0 Å². The van der Waals surface area contributed by atoms with Gasteiger partial charge in [0.2, 0.25) is 5.91 Å². The lowest BCUT2D eigenvalue weighted by molar-refractivity contribution is -0.397. The third-order valence-electron chi connectivity index (χ3n) is 14.6. The van der Waals surface area contributed by atoms with Crippen molar-refractivity contribution in [1.82, 2.24) is 5.32 Å². The standard InChI is InChI=1S/C43H69NO11/c1-9-31(37(49)26(5)36(48)27(6)38-23(2)13-14-30(52-38)22-35(46)47)39-24(3)21-25(4)42(53-39)18-17-33(44-40(50)29-11-10-12-29)43(55-42)20-19-41(8,54-43)34-16-15-32(45)28(7)51-34/h17-18,23-34,36,38-39,45,48H,9-16,19-22H2,1-8H3,(H,44,50)(H,46,47)/t23-,24-,25+,26-,27-,28-,30+,31?,32+,33?,34+,36+,38+,39-,41-,42-,43-/m0/s1. The summed E-state index contributed by atoms with van der Waals surface area (Å²) in [5.41, 5.74) is -0.734. The monoisotopic (exact) mass is 775 g/mol. The number of carboxylic acid groups (broad SMARTS) is 1. The minimum absolute atomic E-state index is 0.00403. The third-order valence-corrected chi connectivity index (χ3v) is 14.6. The van der Waals surface area contributed by atoms with Crippen LogP contribution in [0, 0.1) is 41.4 Å². The van der Waals surface area contributed by atoms with Gasteiger partial charge in [-0.05, 0) is 89.5 Å². The summed E-state index contributed by atoms with van der Waals surface area (Å²) in [6, 6.07) is -0.562. The molecular weight excluding hydrogens is 706 g/mol. The fourth-order valence-corrected chi connectivity index (χ4v) is 10.6. The Kier molecular flexibility index (Phi) is 13.0. The largest absolute Gasteiger partial charge is 0.481 e. The van der Waals surface area contributed by atoms with E-state index in [4.69, 9.17) is 23.7 Å². The summed E-state index contributed by atoms with van der Waals surface area (Å²) in [5, 5.41) is 34.7. The number of amides is 1. The van der Waals surface area contributed by atoms with Gasteiger partial charge in [-0.15, -0.1) is 0 Å². The second-order valence-electron chi connectivity index (χ2n) is 18.6. The van der Waals surface area contributed by atoms with Gasteiger partial charge in [0.05, 0.1) is 54.7 Å². The number of carboxylic acids is 1. The molecule has 0 bridgehead atoms. The molecule has 5 heterocycles. The van der Waals surface area contributed by atoms with Gasteiger partial charge in [0.1, 0.15) is 11.8 Å². The molecule has 2 unspecified atom stereocenters. The van der Waals surface area contributed by atoms with E-state index < -0.39 is 65.4 Å². The third kappa shape index (κ3) is 8.48. The van der Waals surface area contributed by atoms with Crippen LogP contribution in [0.25, 0.3) is 0 Å². The van der Waals surface area contributed by atoms with Crippen molar-refractivity contribution in [2.75, 3.05) is 0 Å². The van der Waals surface area contributed by atoms with Crippen LogP contribution >= 0.6 is 0 Å². The Labute approximate surface area is 327 Å². The Morgan fingerprint density at radius 3 is 2.29 bits per heavy atom. The molecule has 1 aliphatic carbocycles. The van der Waals surface area contributed by atoms with Crippen LogP contribution in [0.4, 0.5) is 0 Å². The second-order valence-corrected chi connectivity index (χ2v) is 18.6. The highest BCUT2D eigenvalue weighted by Gasteiger charge is 2.63. The number of Topliss-reactive ketones (excluding diaryl/α,β-unsaturated/α-hetero) is 1. The molecule has 312 valence electrons. The lowest BCUT2D eigenvalue weighted by Crippen LogP contribution is -2.66. The van der Waals surface area contributed by atoms with E-state index in [1.807, 2.05) is 39.8 Å². The number of ketones is 1.